The molecule has 3 aromatic rings. The van der Waals surface area contributed by atoms with Crippen LogP contribution in [0.3, 0.4) is 0 Å². The standard InChI is InChI=1S/C18H19N5O2/c1-22-10-12(19-9-16(22)24)11-23-8-4-7-15(23)17-20-14-6-3-2-5-13(14)18(25)21-17/h2-3,5-6,9-10,15H,4,7-8,11H2,1H3,(H,20,21,25). The molecule has 1 aromatic carbocycles. The van der Waals surface area contributed by atoms with Crippen LogP contribution in [0.25, 0.3) is 10.9 Å². The highest BCUT2D eigenvalue weighted by atomic mass is 16.1. The first-order valence-electron chi connectivity index (χ1n) is 8.36. The molecule has 7 nitrogen and oxygen atoms in total. The van der Waals surface area contributed by atoms with Gasteiger partial charge in [-0.25, -0.2) is 4.98 Å². The molecule has 1 aliphatic rings. The van der Waals surface area contributed by atoms with Crippen molar-refractivity contribution in [3.05, 3.63) is 68.9 Å². The maximum absolute atomic E-state index is 12.3. The summed E-state index contributed by atoms with van der Waals surface area (Å²) in [6.45, 7) is 1.53. The van der Waals surface area contributed by atoms with Gasteiger partial charge in [0.05, 0.1) is 28.8 Å². The molecular weight excluding hydrogens is 318 g/mol. The first-order valence-corrected chi connectivity index (χ1v) is 8.36. The molecule has 1 atom stereocenters. The molecule has 7 heteroatoms. The number of hydrogen-bond donors (Lipinski definition) is 1. The largest absolute Gasteiger partial charge is 0.315 e. The monoisotopic (exact) mass is 337 g/mol. The van der Waals surface area contributed by atoms with Crippen LogP contribution in [0.2, 0.25) is 0 Å². The second-order valence-electron chi connectivity index (χ2n) is 6.42. The Hall–Kier alpha value is -2.80. The van der Waals surface area contributed by atoms with Gasteiger partial charge in [0.2, 0.25) is 0 Å². The van der Waals surface area contributed by atoms with Gasteiger partial charge in [-0.3, -0.25) is 19.5 Å². The van der Waals surface area contributed by atoms with E-state index in [9.17, 15) is 9.59 Å². The third-order valence-electron chi connectivity index (χ3n) is 4.71. The van der Waals surface area contributed by atoms with Crippen LogP contribution in [0, 0.1) is 0 Å². The van der Waals surface area contributed by atoms with Crippen molar-refractivity contribution in [3.63, 3.8) is 0 Å². The van der Waals surface area contributed by atoms with Gasteiger partial charge in [0.25, 0.3) is 11.1 Å². The lowest BCUT2D eigenvalue weighted by Crippen LogP contribution is -2.28. The maximum Gasteiger partial charge on any atom is 0.268 e. The fourth-order valence-corrected chi connectivity index (χ4v) is 3.43. The lowest BCUT2D eigenvalue weighted by Gasteiger charge is -2.23. The maximum atomic E-state index is 12.3. The van der Waals surface area contributed by atoms with Crippen LogP contribution in [0.4, 0.5) is 0 Å². The third-order valence-corrected chi connectivity index (χ3v) is 4.71. The number of H-pyrrole nitrogens is 1. The average Bonchev–Trinajstić information content (AvgIpc) is 3.06. The Labute approximate surface area is 144 Å². The van der Waals surface area contributed by atoms with Gasteiger partial charge in [0.15, 0.2) is 0 Å². The van der Waals surface area contributed by atoms with Gasteiger partial charge in [0, 0.05) is 19.8 Å². The number of aromatic nitrogens is 4. The van der Waals surface area contributed by atoms with Gasteiger partial charge in [-0.15, -0.1) is 0 Å². The third kappa shape index (κ3) is 2.98. The summed E-state index contributed by atoms with van der Waals surface area (Å²) in [5.41, 5.74) is 1.32. The number of para-hydroxylation sites is 1. The molecule has 0 saturated carbocycles. The average molecular weight is 337 g/mol. The highest BCUT2D eigenvalue weighted by Crippen LogP contribution is 2.30. The summed E-state index contributed by atoms with van der Waals surface area (Å²) in [4.78, 5) is 37.9. The molecule has 0 radical (unpaired) electrons. The number of aromatic amines is 1. The zero-order valence-corrected chi connectivity index (χ0v) is 14.0. The molecule has 3 heterocycles. The van der Waals surface area contributed by atoms with E-state index in [1.165, 1.54) is 10.8 Å². The van der Waals surface area contributed by atoms with Crippen LogP contribution in [0.1, 0.15) is 30.4 Å². The molecule has 2 aromatic heterocycles. The van der Waals surface area contributed by atoms with Crippen molar-refractivity contribution < 1.29 is 0 Å². The number of aryl methyl sites for hydroxylation is 1. The zero-order chi connectivity index (χ0) is 17.4. The van der Waals surface area contributed by atoms with Crippen molar-refractivity contribution in [1.29, 1.82) is 0 Å². The minimum absolute atomic E-state index is 0.0522. The summed E-state index contributed by atoms with van der Waals surface area (Å²) in [6.07, 6.45) is 5.07. The molecule has 0 bridgehead atoms. The van der Waals surface area contributed by atoms with E-state index >= 15 is 0 Å². The molecule has 128 valence electrons. The summed E-state index contributed by atoms with van der Waals surface area (Å²) in [5, 5.41) is 0.607. The van der Waals surface area contributed by atoms with E-state index < -0.39 is 0 Å². The highest BCUT2D eigenvalue weighted by molar-refractivity contribution is 5.77. The van der Waals surface area contributed by atoms with E-state index in [4.69, 9.17) is 0 Å². The van der Waals surface area contributed by atoms with Gasteiger partial charge < -0.3 is 9.55 Å². The number of fused-ring (bicyclic) bond motifs is 1. The Morgan fingerprint density at radius 1 is 1.28 bits per heavy atom. The summed E-state index contributed by atoms with van der Waals surface area (Å²) in [5.74, 6) is 0.700. The Kier molecular flexibility index (Phi) is 3.93. The first kappa shape index (κ1) is 15.7. The lowest BCUT2D eigenvalue weighted by molar-refractivity contribution is 0.236. The first-order chi connectivity index (χ1) is 12.1. The summed E-state index contributed by atoms with van der Waals surface area (Å²) < 4.78 is 1.53. The van der Waals surface area contributed by atoms with Crippen LogP contribution < -0.4 is 11.1 Å². The molecule has 1 N–H and O–H groups in total. The molecule has 0 aliphatic carbocycles. The number of hydrogen-bond acceptors (Lipinski definition) is 5. The molecule has 1 saturated heterocycles. The van der Waals surface area contributed by atoms with Gasteiger partial charge in [-0.05, 0) is 31.5 Å². The molecule has 25 heavy (non-hydrogen) atoms. The second-order valence-corrected chi connectivity index (χ2v) is 6.42. The van der Waals surface area contributed by atoms with E-state index in [1.54, 1.807) is 19.3 Å². The Balaban J connectivity index is 1.66. The second kappa shape index (κ2) is 6.25. The van der Waals surface area contributed by atoms with Crippen LogP contribution in [0.15, 0.2) is 46.2 Å². The smallest absolute Gasteiger partial charge is 0.268 e. The van der Waals surface area contributed by atoms with Crippen molar-refractivity contribution in [2.24, 2.45) is 7.05 Å². The van der Waals surface area contributed by atoms with E-state index in [1.807, 2.05) is 18.2 Å². The molecule has 1 unspecified atom stereocenters. The Bertz CT molecular complexity index is 1040. The quantitative estimate of drug-likeness (QED) is 0.780. The predicted molar refractivity (Wildman–Crippen MR) is 94.2 cm³/mol. The SMILES string of the molecule is Cn1cc(CN2CCCC2c2nc3ccccc3c(=O)[nH]2)ncc1=O. The number of benzene rings is 1. The number of nitrogens with one attached hydrogen (secondary N) is 1. The lowest BCUT2D eigenvalue weighted by atomic mass is 10.2. The fourth-order valence-electron chi connectivity index (χ4n) is 3.43. The Morgan fingerprint density at radius 3 is 2.96 bits per heavy atom. The van der Waals surface area contributed by atoms with Gasteiger partial charge in [-0.2, -0.15) is 0 Å². The van der Waals surface area contributed by atoms with Crippen LogP contribution in [-0.2, 0) is 13.6 Å². The Morgan fingerprint density at radius 2 is 2.12 bits per heavy atom. The van der Waals surface area contributed by atoms with E-state index in [0.717, 1.165) is 25.1 Å². The van der Waals surface area contributed by atoms with E-state index in [-0.39, 0.29) is 17.2 Å². The van der Waals surface area contributed by atoms with Crippen molar-refractivity contribution in [3.8, 4) is 0 Å². The molecule has 0 spiro atoms. The van der Waals surface area contributed by atoms with Crippen molar-refractivity contribution in [2.75, 3.05) is 6.54 Å². The van der Waals surface area contributed by atoms with Crippen LogP contribution in [0.5, 0.6) is 0 Å². The summed E-state index contributed by atoms with van der Waals surface area (Å²) in [7, 11) is 1.72. The minimum atomic E-state index is -0.123. The molecule has 1 fully saturated rings. The molecular formula is C18H19N5O2. The molecule has 1 aliphatic heterocycles. The number of nitrogens with zero attached hydrogens (tertiary/aromatic N) is 4. The zero-order valence-electron chi connectivity index (χ0n) is 14.0. The van der Waals surface area contributed by atoms with Crippen molar-refractivity contribution >= 4 is 10.9 Å². The normalized spacial score (nSPS) is 18.0. The molecule has 0 amide bonds. The van der Waals surface area contributed by atoms with Crippen molar-refractivity contribution in [1.82, 2.24) is 24.4 Å². The summed E-state index contributed by atoms with van der Waals surface area (Å²) >= 11 is 0. The van der Waals surface area contributed by atoms with E-state index in [2.05, 4.69) is 19.9 Å². The van der Waals surface area contributed by atoms with E-state index in [0.29, 0.717) is 23.3 Å². The number of likely N-dealkylation sites (tertiary alicyclic amines) is 1. The highest BCUT2D eigenvalue weighted by Gasteiger charge is 2.28. The van der Waals surface area contributed by atoms with Crippen LogP contribution in [-0.4, -0.2) is 31.0 Å². The topological polar surface area (TPSA) is 83.9 Å². The van der Waals surface area contributed by atoms with Crippen molar-refractivity contribution in [2.45, 2.75) is 25.4 Å². The number of rotatable bonds is 3. The van der Waals surface area contributed by atoms with Crippen LogP contribution >= 0.6 is 0 Å². The van der Waals surface area contributed by atoms with Gasteiger partial charge in [0.1, 0.15) is 5.82 Å². The minimum Gasteiger partial charge on any atom is -0.315 e. The predicted octanol–water partition coefficient (Wildman–Crippen LogP) is 1.35. The summed E-state index contributed by atoms with van der Waals surface area (Å²) in [6, 6.07) is 7.43. The van der Waals surface area contributed by atoms with Gasteiger partial charge >= 0.3 is 0 Å². The fraction of sp³-hybridized carbons (Fsp3) is 0.333. The van der Waals surface area contributed by atoms with Gasteiger partial charge in [-0.1, -0.05) is 12.1 Å². The molecule has 4 rings (SSSR count).